The summed E-state index contributed by atoms with van der Waals surface area (Å²) < 4.78 is 24.1. The number of nitrogens with two attached hydrogens (primary N) is 3. The van der Waals surface area contributed by atoms with Gasteiger partial charge in [-0.2, -0.15) is 4.98 Å². The highest BCUT2D eigenvalue weighted by Gasteiger charge is 2.52. The fourth-order valence-corrected chi connectivity index (χ4v) is 4.49. The van der Waals surface area contributed by atoms with Gasteiger partial charge in [0.15, 0.2) is 24.3 Å². The third kappa shape index (κ3) is 6.16. The molecule has 0 amide bonds. The summed E-state index contributed by atoms with van der Waals surface area (Å²) in [5, 5.41) is 0. The summed E-state index contributed by atoms with van der Waals surface area (Å²) >= 11 is 0. The maximum Gasteiger partial charge on any atom is 0.353 e. The van der Waals surface area contributed by atoms with Gasteiger partial charge >= 0.3 is 23.6 Å². The average molecular weight is 586 g/mol. The Morgan fingerprint density at radius 2 is 1.19 bits per heavy atom. The monoisotopic (exact) mass is 585 g/mol. The lowest BCUT2D eigenvalue weighted by Gasteiger charge is -2.26. The van der Waals surface area contributed by atoms with E-state index in [9.17, 15) is 19.2 Å². The predicted octanol–water partition coefficient (Wildman–Crippen LogP) is 2.20. The average Bonchev–Trinajstić information content (AvgIpc) is 3.35. The van der Waals surface area contributed by atoms with Crippen molar-refractivity contribution in [2.75, 3.05) is 23.8 Å². The van der Waals surface area contributed by atoms with Crippen LogP contribution in [0.5, 0.6) is 0 Å². The van der Waals surface area contributed by atoms with Gasteiger partial charge in [-0.3, -0.25) is 0 Å². The Balaban J connectivity index is 1.54. The normalized spacial score (nSPS) is 19.3. The van der Waals surface area contributed by atoms with Crippen LogP contribution in [0.15, 0.2) is 95.8 Å². The summed E-state index contributed by atoms with van der Waals surface area (Å²) in [4.78, 5) is 55.9. The van der Waals surface area contributed by atoms with Crippen molar-refractivity contribution in [3.63, 3.8) is 0 Å². The first-order chi connectivity index (χ1) is 20.7. The van der Waals surface area contributed by atoms with Gasteiger partial charge in [0.05, 0.1) is 16.7 Å². The highest BCUT2D eigenvalue weighted by molar-refractivity contribution is 5.91. The third-order valence-electron chi connectivity index (χ3n) is 6.67. The summed E-state index contributed by atoms with van der Waals surface area (Å²) in [6.07, 6.45) is -5.61. The van der Waals surface area contributed by atoms with Crippen LogP contribution in [0.25, 0.3) is 0 Å². The van der Waals surface area contributed by atoms with E-state index in [0.717, 1.165) is 4.57 Å². The van der Waals surface area contributed by atoms with E-state index in [1.165, 1.54) is 24.3 Å². The number of benzene rings is 3. The molecule has 4 unspecified atom stereocenters. The number of esters is 3. The lowest BCUT2D eigenvalue weighted by atomic mass is 10.1. The SMILES string of the molecule is Nc1nc(=O)n(C2OC(COC(=O)c3ccccc3)C(OC(=O)c3ccccc3)C2OC(=O)c2ccccc2)c(N)c1N. The zero-order valence-corrected chi connectivity index (χ0v) is 22.6. The number of hydrogen-bond acceptors (Lipinski definition) is 12. The van der Waals surface area contributed by atoms with Crippen molar-refractivity contribution in [1.82, 2.24) is 9.55 Å². The number of rotatable bonds is 8. The van der Waals surface area contributed by atoms with Crippen molar-refractivity contribution >= 4 is 35.2 Å². The van der Waals surface area contributed by atoms with Crippen molar-refractivity contribution in [2.24, 2.45) is 0 Å². The molecule has 1 fully saturated rings. The second-order valence-electron chi connectivity index (χ2n) is 9.45. The van der Waals surface area contributed by atoms with E-state index in [2.05, 4.69) is 4.98 Å². The van der Waals surface area contributed by atoms with Crippen LogP contribution in [-0.2, 0) is 18.9 Å². The molecule has 0 saturated carbocycles. The second kappa shape index (κ2) is 12.4. The van der Waals surface area contributed by atoms with Crippen molar-refractivity contribution in [2.45, 2.75) is 24.5 Å². The van der Waals surface area contributed by atoms with Gasteiger partial charge in [-0.1, -0.05) is 54.6 Å². The van der Waals surface area contributed by atoms with Crippen LogP contribution in [0.2, 0.25) is 0 Å². The second-order valence-corrected chi connectivity index (χ2v) is 9.45. The molecule has 1 aliphatic rings. The van der Waals surface area contributed by atoms with E-state index in [-0.39, 0.29) is 34.0 Å². The van der Waals surface area contributed by atoms with Crippen LogP contribution < -0.4 is 22.9 Å². The Hall–Kier alpha value is -5.69. The summed E-state index contributed by atoms with van der Waals surface area (Å²) in [6.45, 7) is -0.455. The molecule has 6 N–H and O–H groups in total. The Bertz CT molecular complexity index is 1680. The molecule has 0 spiro atoms. The highest BCUT2D eigenvalue weighted by Crippen LogP contribution is 2.37. The zero-order chi connectivity index (χ0) is 30.5. The van der Waals surface area contributed by atoms with E-state index in [1.807, 2.05) is 0 Å². The Morgan fingerprint density at radius 1 is 0.721 bits per heavy atom. The highest BCUT2D eigenvalue weighted by atomic mass is 16.7. The van der Waals surface area contributed by atoms with Gasteiger partial charge < -0.3 is 36.1 Å². The van der Waals surface area contributed by atoms with Crippen LogP contribution in [0, 0.1) is 0 Å². The van der Waals surface area contributed by atoms with Gasteiger partial charge in [-0.25, -0.2) is 23.7 Å². The smallest absolute Gasteiger partial charge is 0.353 e. The number of carbonyl (C=O) groups excluding carboxylic acids is 3. The molecule has 1 saturated heterocycles. The topological polar surface area (TPSA) is 201 Å². The van der Waals surface area contributed by atoms with Gasteiger partial charge in [0.25, 0.3) is 0 Å². The molecular weight excluding hydrogens is 558 g/mol. The lowest BCUT2D eigenvalue weighted by molar-refractivity contribution is -0.0629. The van der Waals surface area contributed by atoms with Crippen molar-refractivity contribution in [3.8, 4) is 0 Å². The number of carbonyl (C=O) groups is 3. The maximum atomic E-state index is 13.2. The molecule has 0 aliphatic carbocycles. The Morgan fingerprint density at radius 3 is 1.70 bits per heavy atom. The molecule has 3 aromatic carbocycles. The van der Waals surface area contributed by atoms with E-state index in [0.29, 0.717) is 0 Å². The van der Waals surface area contributed by atoms with Gasteiger partial charge in [-0.15, -0.1) is 0 Å². The van der Waals surface area contributed by atoms with Gasteiger partial charge in [-0.05, 0) is 36.4 Å². The Labute approximate surface area is 244 Å². The fraction of sp³-hybridized carbons (Fsp3) is 0.167. The van der Waals surface area contributed by atoms with Crippen LogP contribution in [-0.4, -0.2) is 52.4 Å². The number of nitrogens with zero attached hydrogens (tertiary/aromatic N) is 2. The number of aromatic nitrogens is 2. The molecule has 220 valence electrons. The molecule has 13 heteroatoms. The zero-order valence-electron chi connectivity index (χ0n) is 22.6. The standard InChI is InChI=1S/C30H27N5O8/c31-21-24(32)34-30(39)35(25(21)33)26-23(43-29(38)19-14-8-3-9-15-19)22(42-28(37)18-12-6-2-7-13-18)20(41-26)16-40-27(36)17-10-4-1-5-11-17/h1-15,20,22-23,26H,16,31,33H2,(H2,32,34,39). The summed E-state index contributed by atoms with van der Waals surface area (Å²) in [5.41, 5.74) is 17.3. The number of ether oxygens (including phenoxy) is 4. The van der Waals surface area contributed by atoms with E-state index < -0.39 is 54.7 Å². The van der Waals surface area contributed by atoms with Crippen LogP contribution in [0.3, 0.4) is 0 Å². The quantitative estimate of drug-likeness (QED) is 0.201. The van der Waals surface area contributed by atoms with Gasteiger partial charge in [0.1, 0.15) is 24.2 Å². The predicted molar refractivity (Wildman–Crippen MR) is 154 cm³/mol. The van der Waals surface area contributed by atoms with Crippen LogP contribution in [0.1, 0.15) is 37.3 Å². The van der Waals surface area contributed by atoms with Crippen LogP contribution >= 0.6 is 0 Å². The number of anilines is 3. The molecule has 0 bridgehead atoms. The molecular formula is C30H27N5O8. The van der Waals surface area contributed by atoms with Gasteiger partial charge in [0, 0.05) is 0 Å². The number of nitrogen functional groups attached to an aromatic ring is 3. The summed E-state index contributed by atoms with van der Waals surface area (Å²) in [6, 6.07) is 24.2. The first-order valence-corrected chi connectivity index (χ1v) is 13.1. The minimum absolute atomic E-state index is 0.170. The lowest BCUT2D eigenvalue weighted by Crippen LogP contribution is -2.43. The van der Waals surface area contributed by atoms with Crippen LogP contribution in [0.4, 0.5) is 17.3 Å². The van der Waals surface area contributed by atoms with E-state index in [4.69, 9.17) is 36.1 Å². The largest absolute Gasteiger partial charge is 0.459 e. The van der Waals surface area contributed by atoms with Crippen molar-refractivity contribution in [1.29, 1.82) is 0 Å². The third-order valence-corrected chi connectivity index (χ3v) is 6.67. The molecule has 2 heterocycles. The van der Waals surface area contributed by atoms with E-state index in [1.54, 1.807) is 66.7 Å². The van der Waals surface area contributed by atoms with Crippen molar-refractivity contribution in [3.05, 3.63) is 118 Å². The molecule has 1 aliphatic heterocycles. The molecule has 43 heavy (non-hydrogen) atoms. The molecule has 4 aromatic rings. The molecule has 13 nitrogen and oxygen atoms in total. The minimum Gasteiger partial charge on any atom is -0.459 e. The number of hydrogen-bond donors (Lipinski definition) is 3. The first kappa shape index (κ1) is 28.8. The molecule has 4 atom stereocenters. The molecule has 1 aromatic heterocycles. The summed E-state index contributed by atoms with van der Waals surface area (Å²) in [5.74, 6) is -2.92. The van der Waals surface area contributed by atoms with E-state index >= 15 is 0 Å². The Kier molecular flexibility index (Phi) is 8.34. The minimum atomic E-state index is -1.51. The first-order valence-electron chi connectivity index (χ1n) is 13.1. The fourth-order valence-electron chi connectivity index (χ4n) is 4.49. The van der Waals surface area contributed by atoms with Gasteiger partial charge in [0.2, 0.25) is 0 Å². The summed E-state index contributed by atoms with van der Waals surface area (Å²) in [7, 11) is 0. The maximum absolute atomic E-state index is 13.2. The molecule has 0 radical (unpaired) electrons. The van der Waals surface area contributed by atoms with Crippen molar-refractivity contribution < 1.29 is 33.3 Å². The molecule has 5 rings (SSSR count).